The van der Waals surface area contributed by atoms with Gasteiger partial charge in [0.1, 0.15) is 16.6 Å². The maximum atomic E-state index is 5.80. The van der Waals surface area contributed by atoms with Gasteiger partial charge in [0.2, 0.25) is 0 Å². The van der Waals surface area contributed by atoms with Crippen LogP contribution in [0, 0.1) is 0 Å². The first kappa shape index (κ1) is 12.1. The molecule has 5 nitrogen and oxygen atoms in total. The van der Waals surface area contributed by atoms with Crippen molar-refractivity contribution in [3.8, 4) is 0 Å². The Balaban J connectivity index is 2.04. The van der Waals surface area contributed by atoms with Crippen molar-refractivity contribution in [2.75, 3.05) is 5.32 Å². The smallest absolute Gasteiger partial charge is 0.142 e. The minimum absolute atomic E-state index is 0.367. The molecule has 0 atom stereocenters. The first-order chi connectivity index (χ1) is 9.15. The molecule has 2 heterocycles. The Morgan fingerprint density at radius 3 is 3.00 bits per heavy atom. The Morgan fingerprint density at radius 1 is 1.47 bits per heavy atom. The zero-order valence-electron chi connectivity index (χ0n) is 10.7. The fourth-order valence-corrected chi connectivity index (χ4v) is 2.53. The molecule has 0 aromatic carbocycles. The molecule has 0 aliphatic heterocycles. The van der Waals surface area contributed by atoms with Gasteiger partial charge in [0, 0.05) is 18.8 Å². The van der Waals surface area contributed by atoms with Crippen LogP contribution in [0.25, 0.3) is 0 Å². The summed E-state index contributed by atoms with van der Waals surface area (Å²) >= 11 is 5.12. The molecule has 0 unspecified atom stereocenters. The van der Waals surface area contributed by atoms with Crippen LogP contribution in [-0.4, -0.2) is 19.8 Å². The minimum atomic E-state index is 0.367. The van der Waals surface area contributed by atoms with Crippen LogP contribution in [0.3, 0.4) is 0 Å². The first-order valence-electron chi connectivity index (χ1n) is 6.23. The number of rotatable bonds is 3. The van der Waals surface area contributed by atoms with Crippen LogP contribution in [0.5, 0.6) is 0 Å². The number of anilines is 2. The lowest BCUT2D eigenvalue weighted by Crippen LogP contribution is -2.15. The lowest BCUT2D eigenvalue weighted by molar-refractivity contribution is 0.776. The second kappa shape index (κ2) is 4.62. The van der Waals surface area contributed by atoms with E-state index < -0.39 is 0 Å². The van der Waals surface area contributed by atoms with E-state index in [0.29, 0.717) is 4.99 Å². The number of fused-ring (bicyclic) bond motifs is 1. The molecule has 6 heteroatoms. The molecule has 2 aromatic heterocycles. The summed E-state index contributed by atoms with van der Waals surface area (Å²) in [6, 6.07) is 3.95. The summed E-state index contributed by atoms with van der Waals surface area (Å²) in [4.78, 5) is 5.04. The van der Waals surface area contributed by atoms with Crippen LogP contribution in [0.15, 0.2) is 18.3 Å². The molecule has 1 aliphatic rings. The second-order valence-corrected chi connectivity index (χ2v) is 5.11. The lowest BCUT2D eigenvalue weighted by atomic mass is 10.1. The molecular weight excluding hydrogens is 258 g/mol. The molecule has 19 heavy (non-hydrogen) atoms. The van der Waals surface area contributed by atoms with Crippen LogP contribution in [-0.2, 0) is 19.9 Å². The summed E-state index contributed by atoms with van der Waals surface area (Å²) in [5.74, 6) is 1.58. The number of nitrogens with one attached hydrogen (secondary N) is 1. The van der Waals surface area contributed by atoms with Gasteiger partial charge in [-0.05, 0) is 30.9 Å². The van der Waals surface area contributed by atoms with Gasteiger partial charge in [-0.3, -0.25) is 4.68 Å². The van der Waals surface area contributed by atoms with Crippen LogP contribution in [0.4, 0.5) is 11.6 Å². The summed E-state index contributed by atoms with van der Waals surface area (Å²) in [5, 5.41) is 7.38. The van der Waals surface area contributed by atoms with E-state index in [0.717, 1.165) is 42.2 Å². The predicted octanol–water partition coefficient (Wildman–Crippen LogP) is 1.68. The lowest BCUT2D eigenvalue weighted by Gasteiger charge is -2.12. The highest BCUT2D eigenvalue weighted by Gasteiger charge is 2.18. The first-order valence-corrected chi connectivity index (χ1v) is 6.63. The average Bonchev–Trinajstić information content (AvgIpc) is 2.97. The van der Waals surface area contributed by atoms with Gasteiger partial charge >= 0.3 is 0 Å². The van der Waals surface area contributed by atoms with Gasteiger partial charge in [0.05, 0.1) is 11.8 Å². The Hall–Kier alpha value is -1.95. The predicted molar refractivity (Wildman–Crippen MR) is 78.6 cm³/mol. The zero-order valence-corrected chi connectivity index (χ0v) is 11.5. The van der Waals surface area contributed by atoms with Crippen molar-refractivity contribution in [2.45, 2.75) is 19.3 Å². The average molecular weight is 273 g/mol. The molecule has 0 spiro atoms. The van der Waals surface area contributed by atoms with Crippen LogP contribution < -0.4 is 11.1 Å². The van der Waals surface area contributed by atoms with E-state index in [1.807, 2.05) is 13.1 Å². The van der Waals surface area contributed by atoms with Gasteiger partial charge in [-0.15, -0.1) is 0 Å². The highest BCUT2D eigenvalue weighted by molar-refractivity contribution is 7.80. The Bertz CT molecular complexity index is 646. The third-order valence-electron chi connectivity index (χ3n) is 3.38. The van der Waals surface area contributed by atoms with Gasteiger partial charge in [-0.25, -0.2) is 4.98 Å². The molecule has 0 amide bonds. The molecule has 3 rings (SSSR count). The normalized spacial score (nSPS) is 13.3. The van der Waals surface area contributed by atoms with E-state index in [9.17, 15) is 0 Å². The van der Waals surface area contributed by atoms with Crippen molar-refractivity contribution in [1.29, 1.82) is 0 Å². The quantitative estimate of drug-likeness (QED) is 0.833. The van der Waals surface area contributed by atoms with E-state index in [1.165, 1.54) is 5.56 Å². The summed E-state index contributed by atoms with van der Waals surface area (Å²) in [6.45, 7) is 0. The molecule has 0 fully saturated rings. The number of aromatic nitrogens is 3. The van der Waals surface area contributed by atoms with E-state index in [2.05, 4.69) is 21.5 Å². The van der Waals surface area contributed by atoms with E-state index in [4.69, 9.17) is 18.0 Å². The number of nitrogens with zero attached hydrogens (tertiary/aromatic N) is 3. The van der Waals surface area contributed by atoms with Crippen LogP contribution in [0.1, 0.15) is 23.2 Å². The van der Waals surface area contributed by atoms with Crippen molar-refractivity contribution >= 4 is 28.8 Å². The van der Waals surface area contributed by atoms with Crippen molar-refractivity contribution in [1.82, 2.24) is 14.8 Å². The molecule has 2 aromatic rings. The number of aryl methyl sites for hydroxylation is 3. The second-order valence-electron chi connectivity index (χ2n) is 4.67. The maximum absolute atomic E-state index is 5.80. The number of pyridine rings is 1. The maximum Gasteiger partial charge on any atom is 0.142 e. The zero-order chi connectivity index (χ0) is 13.4. The van der Waals surface area contributed by atoms with Gasteiger partial charge in [-0.2, -0.15) is 5.10 Å². The Labute approximate surface area is 116 Å². The molecule has 3 N–H and O–H groups in total. The number of thiocarbonyl (C=S) groups is 1. The fraction of sp³-hybridized carbons (Fsp3) is 0.308. The third-order valence-corrected chi connectivity index (χ3v) is 3.60. The van der Waals surface area contributed by atoms with Crippen molar-refractivity contribution in [3.05, 3.63) is 35.2 Å². The standard InChI is InChI=1S/C13H15N5S/c1-18-11(5-6-15-18)17-13-9(12(14)19)7-8-3-2-4-10(8)16-13/h5-7H,2-4H2,1H3,(H2,14,19)(H,16,17). The summed E-state index contributed by atoms with van der Waals surface area (Å²) in [5.41, 5.74) is 9.01. The molecule has 1 aliphatic carbocycles. The van der Waals surface area contributed by atoms with E-state index >= 15 is 0 Å². The van der Waals surface area contributed by atoms with Gasteiger partial charge in [0.15, 0.2) is 0 Å². The summed E-state index contributed by atoms with van der Waals surface area (Å²) in [6.07, 6.45) is 4.96. The number of hydrogen-bond acceptors (Lipinski definition) is 4. The topological polar surface area (TPSA) is 68.8 Å². The molecule has 0 saturated heterocycles. The van der Waals surface area contributed by atoms with E-state index in [-0.39, 0.29) is 0 Å². The number of nitrogens with two attached hydrogens (primary N) is 1. The largest absolute Gasteiger partial charge is 0.389 e. The molecule has 0 bridgehead atoms. The highest BCUT2D eigenvalue weighted by atomic mass is 32.1. The van der Waals surface area contributed by atoms with Gasteiger partial charge in [-0.1, -0.05) is 12.2 Å². The fourth-order valence-electron chi connectivity index (χ4n) is 2.37. The third kappa shape index (κ3) is 2.19. The Morgan fingerprint density at radius 2 is 2.32 bits per heavy atom. The minimum Gasteiger partial charge on any atom is -0.389 e. The van der Waals surface area contributed by atoms with Crippen molar-refractivity contribution in [2.24, 2.45) is 12.8 Å². The molecule has 0 saturated carbocycles. The SMILES string of the molecule is Cn1nccc1Nc1nc2c(cc1C(N)=S)CCC2. The monoisotopic (exact) mass is 273 g/mol. The highest BCUT2D eigenvalue weighted by Crippen LogP contribution is 2.27. The molecule has 98 valence electrons. The van der Waals surface area contributed by atoms with Gasteiger partial charge in [0.25, 0.3) is 0 Å². The molecular formula is C13H15N5S. The number of hydrogen-bond donors (Lipinski definition) is 2. The Kier molecular flexibility index (Phi) is 2.94. The van der Waals surface area contributed by atoms with Crippen molar-refractivity contribution in [3.63, 3.8) is 0 Å². The van der Waals surface area contributed by atoms with Crippen LogP contribution >= 0.6 is 12.2 Å². The molecule has 0 radical (unpaired) electrons. The van der Waals surface area contributed by atoms with E-state index in [1.54, 1.807) is 10.9 Å². The summed E-state index contributed by atoms with van der Waals surface area (Å²) in [7, 11) is 1.87. The van der Waals surface area contributed by atoms with Crippen LogP contribution in [0.2, 0.25) is 0 Å². The van der Waals surface area contributed by atoms with Gasteiger partial charge < -0.3 is 11.1 Å². The summed E-state index contributed by atoms with van der Waals surface area (Å²) < 4.78 is 1.75. The van der Waals surface area contributed by atoms with Crippen molar-refractivity contribution < 1.29 is 0 Å².